The van der Waals surface area contributed by atoms with Gasteiger partial charge in [0.1, 0.15) is 0 Å². The van der Waals surface area contributed by atoms with Gasteiger partial charge in [0, 0.05) is 13.0 Å². The maximum atomic E-state index is 12.2. The summed E-state index contributed by atoms with van der Waals surface area (Å²) in [6.45, 7) is 3.74. The minimum atomic E-state index is -0.927. The number of carboxylic acids is 1. The Morgan fingerprint density at radius 3 is 2.00 bits per heavy atom. The number of nitrogens with zero attached hydrogens (tertiary/aromatic N) is 1. The third-order valence-electron chi connectivity index (χ3n) is 3.31. The van der Waals surface area contributed by atoms with Crippen molar-refractivity contribution in [3.05, 3.63) is 34.4 Å². The van der Waals surface area contributed by atoms with Crippen LogP contribution >= 0.6 is 0 Å². The summed E-state index contributed by atoms with van der Waals surface area (Å²) in [5, 5.41) is 8.59. The van der Waals surface area contributed by atoms with Gasteiger partial charge in [-0.2, -0.15) is 0 Å². The van der Waals surface area contributed by atoms with E-state index in [4.69, 9.17) is 5.11 Å². The number of hydrogen-bond acceptors (Lipinski definition) is 3. The molecular formula is C14H15NO4. The lowest BCUT2D eigenvalue weighted by Crippen LogP contribution is -2.31. The maximum absolute atomic E-state index is 12.2. The van der Waals surface area contributed by atoms with Crippen LogP contribution in [0.2, 0.25) is 0 Å². The second kappa shape index (κ2) is 4.84. The molecule has 1 heterocycles. The first kappa shape index (κ1) is 13.3. The van der Waals surface area contributed by atoms with Crippen LogP contribution in [0, 0.1) is 13.8 Å². The molecule has 5 nitrogen and oxygen atoms in total. The van der Waals surface area contributed by atoms with E-state index in [2.05, 4.69) is 0 Å². The van der Waals surface area contributed by atoms with Crippen LogP contribution in [0.1, 0.15) is 44.7 Å². The smallest absolute Gasteiger partial charge is 0.303 e. The Bertz CT molecular complexity index is 536. The van der Waals surface area contributed by atoms with Crippen LogP contribution in [-0.2, 0) is 4.79 Å². The molecule has 1 aliphatic heterocycles. The third-order valence-corrected chi connectivity index (χ3v) is 3.31. The largest absolute Gasteiger partial charge is 0.481 e. The Morgan fingerprint density at radius 1 is 1.11 bits per heavy atom. The number of hydrogen-bond donors (Lipinski definition) is 1. The molecule has 0 saturated carbocycles. The number of benzene rings is 1. The minimum Gasteiger partial charge on any atom is -0.481 e. The first-order valence-corrected chi connectivity index (χ1v) is 6.11. The second-order valence-corrected chi connectivity index (χ2v) is 4.71. The van der Waals surface area contributed by atoms with Crippen LogP contribution in [-0.4, -0.2) is 34.3 Å². The number of carbonyl (C=O) groups is 3. The lowest BCUT2D eigenvalue weighted by Gasteiger charge is -2.12. The zero-order valence-corrected chi connectivity index (χ0v) is 10.9. The van der Waals surface area contributed by atoms with E-state index in [-0.39, 0.29) is 31.2 Å². The van der Waals surface area contributed by atoms with Crippen molar-refractivity contribution >= 4 is 17.8 Å². The predicted octanol–water partition coefficient (Wildman–Crippen LogP) is 1.76. The summed E-state index contributed by atoms with van der Waals surface area (Å²) in [7, 11) is 0. The highest BCUT2D eigenvalue weighted by Gasteiger charge is 2.37. The van der Waals surface area contributed by atoms with E-state index in [1.807, 2.05) is 12.1 Å². The van der Waals surface area contributed by atoms with E-state index in [1.54, 1.807) is 13.8 Å². The van der Waals surface area contributed by atoms with Gasteiger partial charge in [0.25, 0.3) is 11.8 Å². The molecule has 1 aromatic rings. The van der Waals surface area contributed by atoms with Crippen molar-refractivity contribution in [3.8, 4) is 0 Å². The standard InChI is InChI=1S/C14H15NO4/c1-8-5-6-9(2)12-11(8)13(18)15(14(12)19)7-3-4-10(16)17/h5-6H,3-4,7H2,1-2H3,(H,16,17). The third kappa shape index (κ3) is 2.23. The average molecular weight is 261 g/mol. The number of aryl methyl sites for hydroxylation is 2. The van der Waals surface area contributed by atoms with Gasteiger partial charge in [0.15, 0.2) is 0 Å². The van der Waals surface area contributed by atoms with E-state index in [9.17, 15) is 14.4 Å². The van der Waals surface area contributed by atoms with Crippen molar-refractivity contribution < 1.29 is 19.5 Å². The topological polar surface area (TPSA) is 74.7 Å². The van der Waals surface area contributed by atoms with Gasteiger partial charge in [-0.05, 0) is 31.4 Å². The Morgan fingerprint density at radius 2 is 1.58 bits per heavy atom. The lowest BCUT2D eigenvalue weighted by atomic mass is 9.99. The Labute approximate surface area is 110 Å². The average Bonchev–Trinajstić information content (AvgIpc) is 2.59. The molecule has 100 valence electrons. The van der Waals surface area contributed by atoms with E-state index < -0.39 is 5.97 Å². The van der Waals surface area contributed by atoms with Crippen molar-refractivity contribution in [1.82, 2.24) is 4.90 Å². The van der Waals surface area contributed by atoms with Crippen LogP contribution in [0.25, 0.3) is 0 Å². The van der Waals surface area contributed by atoms with Crippen LogP contribution in [0.4, 0.5) is 0 Å². The zero-order chi connectivity index (χ0) is 14.2. The SMILES string of the molecule is Cc1ccc(C)c2c1C(=O)N(CCCC(=O)O)C2=O. The molecule has 1 N–H and O–H groups in total. The Kier molecular flexibility index (Phi) is 3.38. The van der Waals surface area contributed by atoms with Gasteiger partial charge in [-0.1, -0.05) is 12.1 Å². The van der Waals surface area contributed by atoms with Gasteiger partial charge in [0.05, 0.1) is 11.1 Å². The summed E-state index contributed by atoms with van der Waals surface area (Å²) in [5.74, 6) is -1.55. The molecule has 0 spiro atoms. The summed E-state index contributed by atoms with van der Waals surface area (Å²) in [6.07, 6.45) is 0.226. The van der Waals surface area contributed by atoms with Gasteiger partial charge in [0.2, 0.25) is 0 Å². The second-order valence-electron chi connectivity index (χ2n) is 4.71. The van der Waals surface area contributed by atoms with Crippen LogP contribution in [0.5, 0.6) is 0 Å². The summed E-state index contributed by atoms with van der Waals surface area (Å²) in [5.41, 5.74) is 2.47. The number of fused-ring (bicyclic) bond motifs is 1. The van der Waals surface area contributed by atoms with Gasteiger partial charge in [-0.25, -0.2) is 0 Å². The maximum Gasteiger partial charge on any atom is 0.303 e. The Balaban J connectivity index is 2.27. The molecule has 0 radical (unpaired) electrons. The van der Waals surface area contributed by atoms with Crippen molar-refractivity contribution in [3.63, 3.8) is 0 Å². The van der Waals surface area contributed by atoms with E-state index in [0.29, 0.717) is 11.1 Å². The quantitative estimate of drug-likeness (QED) is 0.838. The van der Waals surface area contributed by atoms with Crippen LogP contribution < -0.4 is 0 Å². The number of rotatable bonds is 4. The fourth-order valence-corrected chi connectivity index (χ4v) is 2.32. The first-order valence-electron chi connectivity index (χ1n) is 6.11. The molecule has 0 atom stereocenters. The molecule has 5 heteroatoms. The monoisotopic (exact) mass is 261 g/mol. The molecule has 0 fully saturated rings. The molecule has 0 bridgehead atoms. The van der Waals surface area contributed by atoms with Crippen LogP contribution in [0.15, 0.2) is 12.1 Å². The zero-order valence-electron chi connectivity index (χ0n) is 10.9. The van der Waals surface area contributed by atoms with Crippen molar-refractivity contribution in [2.45, 2.75) is 26.7 Å². The molecule has 2 amide bonds. The molecule has 2 rings (SSSR count). The van der Waals surface area contributed by atoms with Gasteiger partial charge >= 0.3 is 5.97 Å². The summed E-state index contributed by atoms with van der Waals surface area (Å²) >= 11 is 0. The van der Waals surface area contributed by atoms with Crippen molar-refractivity contribution in [2.75, 3.05) is 6.54 Å². The summed E-state index contributed by atoms with van der Waals surface area (Å²) in [6, 6.07) is 3.64. The molecule has 1 aliphatic rings. The Hall–Kier alpha value is -2.17. The molecule has 0 aliphatic carbocycles. The fraction of sp³-hybridized carbons (Fsp3) is 0.357. The van der Waals surface area contributed by atoms with Crippen molar-refractivity contribution in [1.29, 1.82) is 0 Å². The lowest BCUT2D eigenvalue weighted by molar-refractivity contribution is -0.137. The minimum absolute atomic E-state index is 0.0502. The van der Waals surface area contributed by atoms with E-state index >= 15 is 0 Å². The van der Waals surface area contributed by atoms with Crippen molar-refractivity contribution in [2.24, 2.45) is 0 Å². The highest BCUT2D eigenvalue weighted by molar-refractivity contribution is 6.22. The number of imide groups is 1. The van der Waals surface area contributed by atoms with E-state index in [1.165, 1.54) is 0 Å². The van der Waals surface area contributed by atoms with Gasteiger partial charge in [-0.15, -0.1) is 0 Å². The number of carbonyl (C=O) groups excluding carboxylic acids is 2. The number of amides is 2. The fourth-order valence-electron chi connectivity index (χ4n) is 2.32. The number of carboxylic acid groups (broad SMARTS) is 1. The highest BCUT2D eigenvalue weighted by atomic mass is 16.4. The molecule has 0 unspecified atom stereocenters. The van der Waals surface area contributed by atoms with E-state index in [0.717, 1.165) is 16.0 Å². The molecule has 19 heavy (non-hydrogen) atoms. The predicted molar refractivity (Wildman–Crippen MR) is 68.2 cm³/mol. The first-order chi connectivity index (χ1) is 8.93. The summed E-state index contributed by atoms with van der Waals surface area (Å²) in [4.78, 5) is 36.0. The van der Waals surface area contributed by atoms with Crippen LogP contribution in [0.3, 0.4) is 0 Å². The molecule has 1 aromatic carbocycles. The van der Waals surface area contributed by atoms with Gasteiger partial charge in [-0.3, -0.25) is 19.3 Å². The summed E-state index contributed by atoms with van der Waals surface area (Å²) < 4.78 is 0. The highest BCUT2D eigenvalue weighted by Crippen LogP contribution is 2.28. The van der Waals surface area contributed by atoms with Gasteiger partial charge < -0.3 is 5.11 Å². The molecular weight excluding hydrogens is 246 g/mol. The molecule has 0 aromatic heterocycles. The number of aliphatic carboxylic acids is 1. The normalized spacial score (nSPS) is 13.9. The molecule has 0 saturated heterocycles.